The summed E-state index contributed by atoms with van der Waals surface area (Å²) in [5, 5.41) is 19.7. The lowest BCUT2D eigenvalue weighted by Gasteiger charge is -2.41. The number of aliphatic carboxylic acids is 1. The maximum Gasteiger partial charge on any atom is 0.338 e. The molecule has 88 valence electrons. The molecule has 1 fully saturated rings. The molecule has 2 N–H and O–H groups in total. The summed E-state index contributed by atoms with van der Waals surface area (Å²) in [6.07, 6.45) is 0. The Morgan fingerprint density at radius 1 is 1.50 bits per heavy atom. The summed E-state index contributed by atoms with van der Waals surface area (Å²) in [4.78, 5) is 10.6. The predicted molar refractivity (Wildman–Crippen MR) is 55.7 cm³/mol. The highest BCUT2D eigenvalue weighted by atomic mass is 32.2. The molecule has 0 atom stereocenters. The van der Waals surface area contributed by atoms with Gasteiger partial charge in [0.1, 0.15) is 4.21 Å². The zero-order valence-electron chi connectivity index (χ0n) is 8.03. The highest BCUT2D eigenvalue weighted by molar-refractivity contribution is 7.91. The molecule has 1 saturated heterocycles. The number of nitrogens with zero attached hydrogens (tertiary/aromatic N) is 1. The Kier molecular flexibility index (Phi) is 2.54. The second-order valence-electron chi connectivity index (χ2n) is 3.54. The van der Waals surface area contributed by atoms with Gasteiger partial charge < -0.3 is 10.2 Å². The second-order valence-corrected chi connectivity index (χ2v) is 6.65. The van der Waals surface area contributed by atoms with Crippen LogP contribution >= 0.6 is 11.3 Å². The van der Waals surface area contributed by atoms with Gasteiger partial charge in [0.05, 0.1) is 13.1 Å². The van der Waals surface area contributed by atoms with Gasteiger partial charge in [-0.2, -0.15) is 4.31 Å². The number of hydrogen-bond acceptors (Lipinski definition) is 5. The van der Waals surface area contributed by atoms with Gasteiger partial charge in [-0.1, -0.05) is 6.07 Å². The molecule has 2 rings (SSSR count). The Morgan fingerprint density at radius 3 is 2.56 bits per heavy atom. The lowest BCUT2D eigenvalue weighted by molar-refractivity contribution is -0.170. The summed E-state index contributed by atoms with van der Waals surface area (Å²) in [6, 6.07) is 3.04. The number of β-amino-alcohol motifs (C(OH)–C–C–N with tert-alkyl or cyclic N) is 1. The molecule has 1 aliphatic rings. The van der Waals surface area contributed by atoms with Crippen LogP contribution in [0.4, 0.5) is 0 Å². The molecule has 0 saturated carbocycles. The zero-order valence-corrected chi connectivity index (χ0v) is 9.66. The number of rotatable bonds is 3. The minimum atomic E-state index is -3.63. The summed E-state index contributed by atoms with van der Waals surface area (Å²) >= 11 is 1.06. The third kappa shape index (κ3) is 1.63. The van der Waals surface area contributed by atoms with E-state index in [9.17, 15) is 18.3 Å². The van der Waals surface area contributed by atoms with Gasteiger partial charge in [0.15, 0.2) is 5.60 Å². The van der Waals surface area contributed by atoms with E-state index in [-0.39, 0.29) is 4.21 Å². The van der Waals surface area contributed by atoms with Crippen molar-refractivity contribution in [1.29, 1.82) is 0 Å². The average Bonchev–Trinajstić information content (AvgIpc) is 2.65. The van der Waals surface area contributed by atoms with Crippen molar-refractivity contribution in [2.75, 3.05) is 13.1 Å². The van der Waals surface area contributed by atoms with E-state index in [4.69, 9.17) is 5.11 Å². The van der Waals surface area contributed by atoms with E-state index in [2.05, 4.69) is 0 Å². The fraction of sp³-hybridized carbons (Fsp3) is 0.375. The van der Waals surface area contributed by atoms with E-state index in [1.54, 1.807) is 11.4 Å². The number of carboxylic acids is 1. The lowest BCUT2D eigenvalue weighted by Crippen LogP contribution is -2.67. The molecule has 0 aliphatic carbocycles. The normalized spacial score (nSPS) is 20.3. The minimum absolute atomic E-state index is 0.153. The van der Waals surface area contributed by atoms with Crippen LogP contribution in [-0.4, -0.2) is 47.6 Å². The first-order chi connectivity index (χ1) is 7.36. The van der Waals surface area contributed by atoms with Gasteiger partial charge in [0.2, 0.25) is 0 Å². The molecule has 16 heavy (non-hydrogen) atoms. The number of carboxylic acid groups (broad SMARTS) is 1. The average molecular weight is 263 g/mol. The van der Waals surface area contributed by atoms with Crippen LogP contribution in [0.5, 0.6) is 0 Å². The third-order valence-electron chi connectivity index (χ3n) is 2.36. The van der Waals surface area contributed by atoms with Crippen LogP contribution < -0.4 is 0 Å². The van der Waals surface area contributed by atoms with E-state index in [0.717, 1.165) is 15.6 Å². The van der Waals surface area contributed by atoms with Crippen molar-refractivity contribution in [3.63, 3.8) is 0 Å². The van der Waals surface area contributed by atoms with Crippen LogP contribution in [0.25, 0.3) is 0 Å². The summed E-state index contributed by atoms with van der Waals surface area (Å²) in [5.41, 5.74) is -1.94. The molecule has 0 bridgehead atoms. The Labute approximate surface area is 95.8 Å². The molecule has 0 aromatic carbocycles. The zero-order chi connectivity index (χ0) is 12.0. The van der Waals surface area contributed by atoms with Crippen molar-refractivity contribution in [1.82, 2.24) is 4.31 Å². The van der Waals surface area contributed by atoms with Gasteiger partial charge in [0.25, 0.3) is 10.0 Å². The van der Waals surface area contributed by atoms with Gasteiger partial charge in [-0.05, 0) is 11.4 Å². The van der Waals surface area contributed by atoms with Crippen LogP contribution in [0.15, 0.2) is 21.7 Å². The van der Waals surface area contributed by atoms with Crippen molar-refractivity contribution >= 4 is 27.3 Å². The van der Waals surface area contributed by atoms with E-state index < -0.39 is 34.7 Å². The quantitative estimate of drug-likeness (QED) is 0.771. The van der Waals surface area contributed by atoms with E-state index in [1.165, 1.54) is 6.07 Å². The number of thiophene rings is 1. The highest BCUT2D eigenvalue weighted by Gasteiger charge is 2.53. The summed E-state index contributed by atoms with van der Waals surface area (Å²) in [5.74, 6) is -1.40. The Hall–Kier alpha value is -0.960. The Morgan fingerprint density at radius 2 is 2.12 bits per heavy atom. The minimum Gasteiger partial charge on any atom is -0.479 e. The summed E-state index contributed by atoms with van der Waals surface area (Å²) < 4.78 is 24.7. The monoisotopic (exact) mass is 263 g/mol. The fourth-order valence-electron chi connectivity index (χ4n) is 1.38. The van der Waals surface area contributed by atoms with Crippen LogP contribution in [0, 0.1) is 0 Å². The molecule has 0 amide bonds. The smallest absolute Gasteiger partial charge is 0.338 e. The predicted octanol–water partition coefficient (Wildman–Crippen LogP) is -0.432. The molecule has 1 aromatic rings. The number of hydrogen-bond donors (Lipinski definition) is 2. The Balaban J connectivity index is 2.17. The molecular weight excluding hydrogens is 254 g/mol. The SMILES string of the molecule is O=C(O)C1(O)CN(S(=O)(=O)c2cccs2)C1. The highest BCUT2D eigenvalue weighted by Crippen LogP contribution is 2.30. The van der Waals surface area contributed by atoms with Gasteiger partial charge in [-0.15, -0.1) is 11.3 Å². The number of carbonyl (C=O) groups is 1. The third-order valence-corrected chi connectivity index (χ3v) is 5.53. The maximum atomic E-state index is 11.8. The van der Waals surface area contributed by atoms with Crippen LogP contribution in [0.2, 0.25) is 0 Å². The molecule has 0 unspecified atom stereocenters. The molecule has 1 aliphatic heterocycles. The molecule has 8 heteroatoms. The largest absolute Gasteiger partial charge is 0.479 e. The maximum absolute atomic E-state index is 11.8. The first-order valence-electron chi connectivity index (χ1n) is 4.36. The first-order valence-corrected chi connectivity index (χ1v) is 6.68. The molecule has 1 aromatic heterocycles. The van der Waals surface area contributed by atoms with Crippen molar-refractivity contribution in [2.24, 2.45) is 0 Å². The van der Waals surface area contributed by atoms with E-state index >= 15 is 0 Å². The standard InChI is InChI=1S/C8H9NO5S2/c10-7(11)8(12)4-9(5-8)16(13,14)6-2-1-3-15-6/h1-3,12H,4-5H2,(H,10,11). The van der Waals surface area contributed by atoms with Crippen molar-refractivity contribution in [3.8, 4) is 0 Å². The Bertz CT molecular complexity index is 501. The van der Waals surface area contributed by atoms with Gasteiger partial charge in [-0.3, -0.25) is 0 Å². The topological polar surface area (TPSA) is 94.9 Å². The van der Waals surface area contributed by atoms with Crippen LogP contribution in [0.1, 0.15) is 0 Å². The van der Waals surface area contributed by atoms with Gasteiger partial charge in [-0.25, -0.2) is 13.2 Å². The first kappa shape index (κ1) is 11.5. The lowest BCUT2D eigenvalue weighted by atomic mass is 9.98. The summed E-state index contributed by atoms with van der Waals surface area (Å²) in [6.45, 7) is -0.800. The second kappa shape index (κ2) is 3.52. The van der Waals surface area contributed by atoms with E-state index in [1.807, 2.05) is 0 Å². The van der Waals surface area contributed by atoms with Gasteiger partial charge >= 0.3 is 5.97 Å². The molecule has 0 radical (unpaired) electrons. The molecule has 6 nitrogen and oxygen atoms in total. The van der Waals surface area contributed by atoms with Crippen molar-refractivity contribution < 1.29 is 23.4 Å². The number of sulfonamides is 1. The fourth-order valence-corrected chi connectivity index (χ4v) is 4.07. The number of aliphatic hydroxyl groups is 1. The summed E-state index contributed by atoms with van der Waals surface area (Å²) in [7, 11) is -3.63. The molecule has 0 spiro atoms. The van der Waals surface area contributed by atoms with Crippen molar-refractivity contribution in [2.45, 2.75) is 9.81 Å². The van der Waals surface area contributed by atoms with Crippen molar-refractivity contribution in [3.05, 3.63) is 17.5 Å². The molecule has 2 heterocycles. The van der Waals surface area contributed by atoms with Crippen LogP contribution in [-0.2, 0) is 14.8 Å². The van der Waals surface area contributed by atoms with Crippen LogP contribution in [0.3, 0.4) is 0 Å². The van der Waals surface area contributed by atoms with Gasteiger partial charge in [0, 0.05) is 0 Å². The molecular formula is C8H9NO5S2. The van der Waals surface area contributed by atoms with E-state index in [0.29, 0.717) is 0 Å².